The Balaban J connectivity index is 1.69. The van der Waals surface area contributed by atoms with Crippen molar-refractivity contribution < 1.29 is 25.9 Å². The van der Waals surface area contributed by atoms with E-state index in [0.717, 1.165) is 78.9 Å². The molecule has 35 heavy (non-hydrogen) atoms. The van der Waals surface area contributed by atoms with Crippen LogP contribution in [0.15, 0.2) is 48.5 Å². The molecule has 0 amide bonds. The topological polar surface area (TPSA) is 121 Å². The second kappa shape index (κ2) is 15.9. The molecule has 0 fully saturated rings. The summed E-state index contributed by atoms with van der Waals surface area (Å²) in [4.78, 5) is 0. The number of anilines is 2. The van der Waals surface area contributed by atoms with Crippen molar-refractivity contribution >= 4 is 48.8 Å². The van der Waals surface area contributed by atoms with Gasteiger partial charge in [-0.25, -0.2) is 0 Å². The summed E-state index contributed by atoms with van der Waals surface area (Å²) in [6, 6.07) is 16.8. The summed E-state index contributed by atoms with van der Waals surface area (Å²) in [5.41, 5.74) is 4.66. The van der Waals surface area contributed by atoms with E-state index in [9.17, 15) is 16.8 Å². The number of rotatable bonds is 18. The molecule has 2 rings (SSSR count). The normalized spacial score (nSPS) is 12.7. The number of unbranched alkanes of at least 4 members (excludes halogenated alkanes) is 4. The molecule has 0 spiro atoms. The lowest BCUT2D eigenvalue weighted by molar-refractivity contribution is 0.477. The van der Waals surface area contributed by atoms with E-state index >= 15 is 0 Å². The smallest absolute Gasteiger partial charge is 0.264 e. The lowest BCUT2D eigenvalue weighted by Crippen LogP contribution is -2.03. The van der Waals surface area contributed by atoms with Crippen LogP contribution in [0.4, 0.5) is 11.4 Å². The fraction of sp³-hybridized carbons (Fsp3) is 0.500. The molecule has 2 aromatic carbocycles. The van der Waals surface area contributed by atoms with E-state index in [1.54, 1.807) is 0 Å². The summed E-state index contributed by atoms with van der Waals surface area (Å²) in [5, 5.41) is 3.49. The Morgan fingerprint density at radius 1 is 0.629 bits per heavy atom. The van der Waals surface area contributed by atoms with Crippen molar-refractivity contribution in [3.63, 3.8) is 0 Å². The van der Waals surface area contributed by atoms with Crippen LogP contribution in [-0.4, -0.2) is 49.8 Å². The van der Waals surface area contributed by atoms with Crippen LogP contribution in [-0.2, 0) is 32.6 Å². The molecule has 0 saturated heterocycles. The van der Waals surface area contributed by atoms with Gasteiger partial charge in [0.25, 0.3) is 20.2 Å². The Morgan fingerprint density at radius 2 is 1.06 bits per heavy atom. The van der Waals surface area contributed by atoms with Crippen LogP contribution in [0.5, 0.6) is 0 Å². The molecule has 11 heteroatoms. The predicted octanol–water partition coefficient (Wildman–Crippen LogP) is 5.90. The van der Waals surface area contributed by atoms with E-state index in [1.165, 1.54) is 11.1 Å². The summed E-state index contributed by atoms with van der Waals surface area (Å²) in [5.74, 6) is -0.295. The molecule has 0 saturated carbocycles. The zero-order valence-electron chi connectivity index (χ0n) is 19.9. The first-order valence-electron chi connectivity index (χ1n) is 11.9. The third-order valence-electron chi connectivity index (χ3n) is 5.31. The molecule has 0 aliphatic rings. The standard InChI is InChI=1S/C24H37NO6P2S2/c26-34(27,28)15-5-1-3-13-32-19-21-9-7-11-23(17-21)25-24-12-8-10-22(18-24)20-33-14-4-2-6-16-35(29,30)31/h7-12,17-18,25,32-33H,1-6,13-16,19-20H2,(H,26,27,28)(H,29,30,31). The van der Waals surface area contributed by atoms with Crippen molar-refractivity contribution in [2.75, 3.05) is 29.1 Å². The summed E-state index contributed by atoms with van der Waals surface area (Å²) in [6.07, 6.45) is 8.74. The summed E-state index contributed by atoms with van der Waals surface area (Å²) in [7, 11) is -6.10. The Hall–Kier alpha value is -1.08. The Labute approximate surface area is 214 Å². The quantitative estimate of drug-likeness (QED) is 0.118. The molecular formula is C24H37NO6P2S2. The molecule has 0 bridgehead atoms. The van der Waals surface area contributed by atoms with Gasteiger partial charge in [-0.3, -0.25) is 9.11 Å². The van der Waals surface area contributed by atoms with Crippen molar-refractivity contribution in [2.24, 2.45) is 0 Å². The number of hydrogen-bond acceptors (Lipinski definition) is 5. The van der Waals surface area contributed by atoms with Gasteiger partial charge in [-0.05, 0) is 85.7 Å². The lowest BCUT2D eigenvalue weighted by atomic mass is 10.2. The van der Waals surface area contributed by atoms with E-state index in [2.05, 4.69) is 53.8 Å². The van der Waals surface area contributed by atoms with Crippen molar-refractivity contribution in [3.8, 4) is 0 Å². The van der Waals surface area contributed by atoms with Gasteiger partial charge in [-0.1, -0.05) is 37.1 Å². The molecule has 2 aromatic rings. The van der Waals surface area contributed by atoms with Crippen LogP contribution >= 0.6 is 17.2 Å². The number of hydrogen-bond donors (Lipinski definition) is 3. The van der Waals surface area contributed by atoms with Gasteiger partial charge < -0.3 is 5.32 Å². The minimum Gasteiger partial charge on any atom is -0.356 e. The highest BCUT2D eigenvalue weighted by atomic mass is 32.2. The van der Waals surface area contributed by atoms with Crippen molar-refractivity contribution in [2.45, 2.75) is 50.8 Å². The van der Waals surface area contributed by atoms with Crippen molar-refractivity contribution in [1.29, 1.82) is 0 Å². The minimum absolute atomic E-state index is 0.148. The van der Waals surface area contributed by atoms with Crippen molar-refractivity contribution in [1.82, 2.24) is 0 Å². The molecule has 0 radical (unpaired) electrons. The highest BCUT2D eigenvalue weighted by Gasteiger charge is 2.05. The van der Waals surface area contributed by atoms with Gasteiger partial charge >= 0.3 is 0 Å². The zero-order chi connectivity index (χ0) is 25.6. The van der Waals surface area contributed by atoms with Crippen LogP contribution < -0.4 is 5.32 Å². The summed E-state index contributed by atoms with van der Waals surface area (Å²) < 4.78 is 60.4. The largest absolute Gasteiger partial charge is 0.356 e. The third kappa shape index (κ3) is 15.6. The number of nitrogens with one attached hydrogen (secondary N) is 1. The van der Waals surface area contributed by atoms with Gasteiger partial charge in [0.2, 0.25) is 0 Å². The first kappa shape index (κ1) is 30.1. The first-order valence-corrected chi connectivity index (χ1v) is 17.9. The zero-order valence-corrected chi connectivity index (χ0v) is 23.6. The molecule has 3 N–H and O–H groups in total. The second-order valence-corrected chi connectivity index (χ2v) is 14.4. The van der Waals surface area contributed by atoms with Gasteiger partial charge in [0.15, 0.2) is 0 Å². The average molecular weight is 562 g/mol. The molecule has 0 aliphatic carbocycles. The fourth-order valence-electron chi connectivity index (χ4n) is 3.57. The maximum absolute atomic E-state index is 10.7. The van der Waals surface area contributed by atoms with Gasteiger partial charge in [0.1, 0.15) is 0 Å². The second-order valence-electron chi connectivity index (χ2n) is 8.57. The molecule has 2 unspecified atom stereocenters. The SMILES string of the molecule is O=S(=O)(O)CCCCCPCc1cccc(Nc2cccc(CPCCCCCS(=O)(=O)O)c2)c1. The Bertz CT molecular complexity index is 1020. The van der Waals surface area contributed by atoms with Crippen molar-refractivity contribution in [3.05, 3.63) is 59.7 Å². The van der Waals surface area contributed by atoms with E-state index < -0.39 is 20.2 Å². The fourth-order valence-corrected chi connectivity index (χ4v) is 7.08. The maximum Gasteiger partial charge on any atom is 0.264 e. The van der Waals surface area contributed by atoms with E-state index in [0.29, 0.717) is 12.8 Å². The first-order chi connectivity index (χ1) is 16.6. The van der Waals surface area contributed by atoms with Crippen LogP contribution in [0, 0.1) is 0 Å². The van der Waals surface area contributed by atoms with Crippen LogP contribution in [0.3, 0.4) is 0 Å². The van der Waals surface area contributed by atoms with E-state index in [4.69, 9.17) is 9.11 Å². The molecule has 0 heterocycles. The van der Waals surface area contributed by atoms with Crippen LogP contribution in [0.25, 0.3) is 0 Å². The lowest BCUT2D eigenvalue weighted by Gasteiger charge is -2.10. The molecular weight excluding hydrogens is 524 g/mol. The highest BCUT2D eigenvalue weighted by Crippen LogP contribution is 2.26. The molecule has 2 atom stereocenters. The Morgan fingerprint density at radius 3 is 1.46 bits per heavy atom. The third-order valence-corrected chi connectivity index (χ3v) is 9.65. The van der Waals surface area contributed by atoms with Gasteiger partial charge in [-0.15, -0.1) is 17.2 Å². The monoisotopic (exact) mass is 561 g/mol. The molecule has 0 aliphatic heterocycles. The predicted molar refractivity (Wildman–Crippen MR) is 150 cm³/mol. The summed E-state index contributed by atoms with van der Waals surface area (Å²) in [6.45, 7) is 0. The maximum atomic E-state index is 10.7. The average Bonchev–Trinajstić information content (AvgIpc) is 2.77. The minimum atomic E-state index is -3.83. The highest BCUT2D eigenvalue weighted by molar-refractivity contribution is 7.86. The van der Waals surface area contributed by atoms with Gasteiger partial charge in [-0.2, -0.15) is 16.8 Å². The molecule has 196 valence electrons. The van der Waals surface area contributed by atoms with E-state index in [1.807, 2.05) is 0 Å². The Kier molecular flexibility index (Phi) is 13.7. The van der Waals surface area contributed by atoms with Crippen LogP contribution in [0.2, 0.25) is 0 Å². The molecule has 0 aromatic heterocycles. The summed E-state index contributed by atoms with van der Waals surface area (Å²) >= 11 is 0. The number of benzene rings is 2. The molecule has 7 nitrogen and oxygen atoms in total. The van der Waals surface area contributed by atoms with Crippen LogP contribution in [0.1, 0.15) is 49.7 Å². The van der Waals surface area contributed by atoms with Gasteiger partial charge in [0, 0.05) is 11.4 Å². The van der Waals surface area contributed by atoms with Gasteiger partial charge in [0.05, 0.1) is 11.5 Å². The van der Waals surface area contributed by atoms with E-state index in [-0.39, 0.29) is 11.5 Å².